The van der Waals surface area contributed by atoms with Crippen LogP contribution in [0.25, 0.3) is 0 Å². The number of aromatic hydroxyl groups is 1. The maximum Gasteiger partial charge on any atom is 0.256 e. The largest absolute Gasteiger partial charge is 0.493 e. The average molecular weight is 138 g/mol. The van der Waals surface area contributed by atoms with Crippen LogP contribution in [0.5, 0.6) is 5.88 Å². The summed E-state index contributed by atoms with van der Waals surface area (Å²) in [5.74, 6) is -0.222. The van der Waals surface area contributed by atoms with Crippen LogP contribution in [0.4, 0.5) is 0 Å². The van der Waals surface area contributed by atoms with Crippen LogP contribution in [-0.4, -0.2) is 22.5 Å². The van der Waals surface area contributed by atoms with Gasteiger partial charge in [-0.3, -0.25) is 4.79 Å². The molecule has 0 radical (unpaired) electrons. The fourth-order valence-electron chi connectivity index (χ4n) is 0.640. The highest BCUT2D eigenvalue weighted by Gasteiger charge is 1.97. The third kappa shape index (κ3) is 1.02. The summed E-state index contributed by atoms with van der Waals surface area (Å²) >= 11 is 0. The van der Waals surface area contributed by atoms with E-state index in [1.165, 1.54) is 4.57 Å². The molecule has 0 amide bonds. The maximum atomic E-state index is 10.8. The monoisotopic (exact) mass is 138 g/mol. The Hall–Kier alpha value is -1.26. The lowest BCUT2D eigenvalue weighted by Gasteiger charge is -2.00. The van der Waals surface area contributed by atoms with Gasteiger partial charge in [0.15, 0.2) is 7.85 Å². The summed E-state index contributed by atoms with van der Waals surface area (Å²) in [6.45, 7) is 0. The Kier molecular flexibility index (Phi) is 1.49. The van der Waals surface area contributed by atoms with E-state index in [0.29, 0.717) is 5.72 Å². The first-order chi connectivity index (χ1) is 4.61. The summed E-state index contributed by atoms with van der Waals surface area (Å²) in [6, 6.07) is 1.08. The summed E-state index contributed by atoms with van der Waals surface area (Å²) in [6.07, 6.45) is 0. The van der Waals surface area contributed by atoms with Crippen molar-refractivity contribution in [2.75, 3.05) is 0 Å². The molecule has 0 bridgehead atoms. The van der Waals surface area contributed by atoms with E-state index in [0.717, 1.165) is 6.07 Å². The Balaban J connectivity index is 3.46. The molecule has 0 saturated heterocycles. The average Bonchev–Trinajstić information content (AvgIpc) is 1.82. The Morgan fingerprint density at radius 3 is 2.90 bits per heavy atom. The number of hydrogen-bond donors (Lipinski definition) is 1. The fourth-order valence-corrected chi connectivity index (χ4v) is 0.640. The molecule has 0 unspecified atom stereocenters. The Morgan fingerprint density at radius 1 is 1.80 bits per heavy atom. The molecule has 0 saturated carbocycles. The van der Waals surface area contributed by atoms with Gasteiger partial charge in [-0.25, -0.2) is 4.98 Å². The maximum absolute atomic E-state index is 10.8. The third-order valence-electron chi connectivity index (χ3n) is 1.34. The molecule has 1 aromatic rings. The van der Waals surface area contributed by atoms with Crippen LogP contribution in [-0.2, 0) is 7.05 Å². The minimum atomic E-state index is -0.245. The summed E-state index contributed by atoms with van der Waals surface area (Å²) < 4.78 is 1.36. The van der Waals surface area contributed by atoms with Gasteiger partial charge in [0.05, 0.1) is 11.8 Å². The van der Waals surface area contributed by atoms with Crippen molar-refractivity contribution in [3.05, 3.63) is 16.4 Å². The van der Waals surface area contributed by atoms with Crippen LogP contribution in [0.15, 0.2) is 10.9 Å². The van der Waals surface area contributed by atoms with Gasteiger partial charge in [0.25, 0.3) is 5.56 Å². The molecular weight excluding hydrogens is 131 g/mol. The first-order valence-electron chi connectivity index (χ1n) is 2.85. The molecule has 5 heteroatoms. The lowest BCUT2D eigenvalue weighted by Crippen LogP contribution is -2.32. The van der Waals surface area contributed by atoms with Crippen LogP contribution in [0, 0.1) is 0 Å². The van der Waals surface area contributed by atoms with Crippen molar-refractivity contribution in [3.63, 3.8) is 0 Å². The summed E-state index contributed by atoms with van der Waals surface area (Å²) in [5, 5.41) is 8.79. The summed E-state index contributed by atoms with van der Waals surface area (Å²) in [4.78, 5) is 14.5. The van der Waals surface area contributed by atoms with E-state index in [2.05, 4.69) is 4.98 Å². The molecular formula is C5H7BN2O2. The van der Waals surface area contributed by atoms with Crippen LogP contribution in [0.3, 0.4) is 0 Å². The molecule has 0 aliphatic carbocycles. The van der Waals surface area contributed by atoms with Crippen molar-refractivity contribution >= 4 is 13.6 Å². The van der Waals surface area contributed by atoms with Gasteiger partial charge >= 0.3 is 0 Å². The second-order valence-electron chi connectivity index (χ2n) is 2.06. The van der Waals surface area contributed by atoms with Crippen LogP contribution >= 0.6 is 0 Å². The van der Waals surface area contributed by atoms with E-state index in [1.54, 1.807) is 14.9 Å². The van der Waals surface area contributed by atoms with Crippen LogP contribution in [0.2, 0.25) is 0 Å². The zero-order valence-electron chi connectivity index (χ0n) is 5.83. The highest BCUT2D eigenvalue weighted by molar-refractivity contribution is 6.29. The van der Waals surface area contributed by atoms with E-state index in [9.17, 15) is 4.79 Å². The first kappa shape index (κ1) is 6.86. The van der Waals surface area contributed by atoms with Gasteiger partial charge in [-0.2, -0.15) is 0 Å². The smallest absolute Gasteiger partial charge is 0.256 e. The Bertz CT molecular complexity index is 307. The van der Waals surface area contributed by atoms with Crippen LogP contribution < -0.4 is 11.3 Å². The minimum absolute atomic E-state index is 0.222. The minimum Gasteiger partial charge on any atom is -0.493 e. The SMILES string of the molecule is Bc1nc(O)cc(=O)n1C. The molecule has 10 heavy (non-hydrogen) atoms. The molecule has 1 rings (SSSR count). The van der Waals surface area contributed by atoms with Crippen molar-refractivity contribution in [2.24, 2.45) is 7.05 Å². The van der Waals surface area contributed by atoms with Crippen molar-refractivity contribution < 1.29 is 5.11 Å². The van der Waals surface area contributed by atoms with Gasteiger partial charge in [0, 0.05) is 7.05 Å². The highest BCUT2D eigenvalue weighted by atomic mass is 16.3. The second-order valence-corrected chi connectivity index (χ2v) is 2.06. The van der Waals surface area contributed by atoms with Gasteiger partial charge in [0.2, 0.25) is 5.88 Å². The van der Waals surface area contributed by atoms with E-state index in [4.69, 9.17) is 5.11 Å². The van der Waals surface area contributed by atoms with E-state index < -0.39 is 0 Å². The lowest BCUT2D eigenvalue weighted by atomic mass is 10.1. The second kappa shape index (κ2) is 2.17. The van der Waals surface area contributed by atoms with Gasteiger partial charge < -0.3 is 9.67 Å². The number of aromatic nitrogens is 2. The molecule has 0 aromatic carbocycles. The first-order valence-corrected chi connectivity index (χ1v) is 2.85. The fraction of sp³-hybridized carbons (Fsp3) is 0.200. The summed E-state index contributed by atoms with van der Waals surface area (Å²) in [7, 11) is 3.26. The Labute approximate surface area is 58.6 Å². The third-order valence-corrected chi connectivity index (χ3v) is 1.34. The molecule has 4 nitrogen and oxygen atoms in total. The van der Waals surface area contributed by atoms with E-state index in [1.807, 2.05) is 0 Å². The van der Waals surface area contributed by atoms with Crippen molar-refractivity contribution in [1.82, 2.24) is 9.55 Å². The number of rotatable bonds is 0. The van der Waals surface area contributed by atoms with Crippen molar-refractivity contribution in [1.29, 1.82) is 0 Å². The van der Waals surface area contributed by atoms with Crippen LogP contribution in [0.1, 0.15) is 0 Å². The van der Waals surface area contributed by atoms with E-state index in [-0.39, 0.29) is 11.4 Å². The van der Waals surface area contributed by atoms with Gasteiger partial charge in [-0.1, -0.05) is 0 Å². The van der Waals surface area contributed by atoms with E-state index >= 15 is 0 Å². The predicted octanol–water partition coefficient (Wildman–Crippen LogP) is -2.26. The lowest BCUT2D eigenvalue weighted by molar-refractivity contribution is 0.450. The summed E-state index contributed by atoms with van der Waals surface area (Å²) in [5.41, 5.74) is 0.259. The zero-order valence-corrected chi connectivity index (χ0v) is 5.83. The standard InChI is InChI=1S/C5H7BN2O2/c1-8-4(10)2-3(9)7-5(8)6/h2,9H,6H2,1H3. The Morgan fingerprint density at radius 2 is 2.40 bits per heavy atom. The quantitative estimate of drug-likeness (QED) is 0.412. The molecule has 1 N–H and O–H groups in total. The highest BCUT2D eigenvalue weighted by Crippen LogP contribution is 1.90. The number of nitrogens with zero attached hydrogens (tertiary/aromatic N) is 2. The zero-order chi connectivity index (χ0) is 7.72. The van der Waals surface area contributed by atoms with Crippen molar-refractivity contribution in [3.8, 4) is 5.88 Å². The normalized spacial score (nSPS) is 9.70. The predicted molar refractivity (Wildman–Crippen MR) is 39.3 cm³/mol. The van der Waals surface area contributed by atoms with Gasteiger partial charge in [-0.15, -0.1) is 0 Å². The number of hydrogen-bond acceptors (Lipinski definition) is 3. The topological polar surface area (TPSA) is 55.1 Å². The van der Waals surface area contributed by atoms with Crippen molar-refractivity contribution in [2.45, 2.75) is 0 Å². The molecule has 0 aliphatic heterocycles. The molecule has 0 spiro atoms. The van der Waals surface area contributed by atoms with Gasteiger partial charge in [0.1, 0.15) is 0 Å². The molecule has 0 aliphatic rings. The van der Waals surface area contributed by atoms with Gasteiger partial charge in [-0.05, 0) is 0 Å². The molecule has 1 heterocycles. The molecule has 1 aromatic heterocycles. The molecule has 52 valence electrons. The molecule has 0 atom stereocenters. The molecule has 0 fully saturated rings.